The fourth-order valence-electron chi connectivity index (χ4n) is 2.60. The molecule has 2 heterocycles. The van der Waals surface area contributed by atoms with Crippen LogP contribution in [0.5, 0.6) is 0 Å². The Morgan fingerprint density at radius 1 is 1.28 bits per heavy atom. The van der Waals surface area contributed by atoms with E-state index in [0.29, 0.717) is 28.2 Å². The van der Waals surface area contributed by atoms with Crippen molar-refractivity contribution in [1.29, 1.82) is 0 Å². The number of fused-ring (bicyclic) bond motifs is 1. The minimum absolute atomic E-state index is 0.229. The minimum Gasteiger partial charge on any atom is -0.351 e. The number of nitrogens with one attached hydrogen (secondary N) is 1. The molecule has 0 bridgehead atoms. The lowest BCUT2D eigenvalue weighted by molar-refractivity contribution is 0.0951. The van der Waals surface area contributed by atoms with Crippen LogP contribution < -0.4 is 5.32 Å². The predicted octanol–water partition coefficient (Wildman–Crippen LogP) is 2.67. The molecule has 2 aromatic heterocycles. The summed E-state index contributed by atoms with van der Waals surface area (Å²) in [7, 11) is 3.90. The molecule has 1 amide bonds. The molecule has 0 saturated heterocycles. The summed E-state index contributed by atoms with van der Waals surface area (Å²) in [5, 5.41) is 8.48. The summed E-state index contributed by atoms with van der Waals surface area (Å²) in [6.45, 7) is 3.16. The third-order valence-electron chi connectivity index (χ3n) is 3.90. The molecule has 3 aromatic rings. The number of rotatable bonds is 5. The van der Waals surface area contributed by atoms with Gasteiger partial charge in [-0.2, -0.15) is 5.10 Å². The first kappa shape index (κ1) is 17.4. The molecular formula is C18H20ClN5O. The van der Waals surface area contributed by atoms with Crippen LogP contribution in [0.1, 0.15) is 16.1 Å². The van der Waals surface area contributed by atoms with Crippen molar-refractivity contribution < 1.29 is 4.79 Å². The molecule has 7 heteroatoms. The second-order valence-corrected chi connectivity index (χ2v) is 6.45. The summed E-state index contributed by atoms with van der Waals surface area (Å²) in [5.74, 6) is -0.229. The highest BCUT2D eigenvalue weighted by atomic mass is 35.5. The fourth-order valence-corrected chi connectivity index (χ4v) is 2.96. The van der Waals surface area contributed by atoms with Gasteiger partial charge in [0.25, 0.3) is 5.91 Å². The number of carbonyl (C=O) groups excluding carboxylic acids is 1. The van der Waals surface area contributed by atoms with Crippen molar-refractivity contribution in [2.45, 2.75) is 6.92 Å². The van der Waals surface area contributed by atoms with Crippen molar-refractivity contribution in [2.24, 2.45) is 0 Å². The topological polar surface area (TPSA) is 63.1 Å². The average Bonchev–Trinajstić information content (AvgIpc) is 2.93. The number of aromatic nitrogens is 3. The highest BCUT2D eigenvalue weighted by Crippen LogP contribution is 2.29. The average molecular weight is 358 g/mol. The first-order chi connectivity index (χ1) is 12.0. The van der Waals surface area contributed by atoms with E-state index in [1.54, 1.807) is 4.68 Å². The Labute approximate surface area is 151 Å². The van der Waals surface area contributed by atoms with Crippen LogP contribution in [0.2, 0.25) is 5.02 Å². The van der Waals surface area contributed by atoms with Crippen LogP contribution in [0.25, 0.3) is 16.7 Å². The van der Waals surface area contributed by atoms with Crippen LogP contribution in [0.15, 0.2) is 36.5 Å². The lowest BCUT2D eigenvalue weighted by atomic mass is 10.2. The first-order valence-electron chi connectivity index (χ1n) is 8.01. The number of likely N-dealkylation sites (N-methyl/N-ethyl adjacent to an activating group) is 1. The number of hydrogen-bond donors (Lipinski definition) is 1. The third-order valence-corrected chi connectivity index (χ3v) is 4.29. The van der Waals surface area contributed by atoms with E-state index in [2.05, 4.69) is 15.4 Å². The summed E-state index contributed by atoms with van der Waals surface area (Å²) in [5.41, 5.74) is 2.63. The Hall–Kier alpha value is -2.44. The maximum Gasteiger partial charge on any atom is 0.254 e. The summed E-state index contributed by atoms with van der Waals surface area (Å²) in [6, 6.07) is 9.71. The van der Waals surface area contributed by atoms with Crippen molar-refractivity contribution in [2.75, 3.05) is 27.2 Å². The number of hydrogen-bond acceptors (Lipinski definition) is 4. The van der Waals surface area contributed by atoms with Gasteiger partial charge in [-0.1, -0.05) is 29.8 Å². The maximum absolute atomic E-state index is 12.4. The van der Waals surface area contributed by atoms with Crippen LogP contribution >= 0.6 is 11.6 Å². The molecule has 0 unspecified atom stereocenters. The molecule has 0 aliphatic rings. The molecule has 3 rings (SSSR count). The zero-order valence-corrected chi connectivity index (χ0v) is 15.2. The van der Waals surface area contributed by atoms with Crippen molar-refractivity contribution in [3.05, 3.63) is 52.8 Å². The van der Waals surface area contributed by atoms with E-state index in [1.165, 1.54) is 6.20 Å². The monoisotopic (exact) mass is 357 g/mol. The number of nitrogens with zero attached hydrogens (tertiary/aromatic N) is 4. The molecule has 6 nitrogen and oxygen atoms in total. The van der Waals surface area contributed by atoms with Crippen LogP contribution in [-0.2, 0) is 0 Å². The van der Waals surface area contributed by atoms with Gasteiger partial charge < -0.3 is 10.2 Å². The Balaban J connectivity index is 1.98. The standard InChI is InChI=1S/C18H20ClN5O/c1-12-15-16(19)14(18(25)20-9-10-23(2)3)11-21-17(15)24(22-12)13-7-5-4-6-8-13/h4-8,11H,9-10H2,1-3H3,(H,20,25). The second kappa shape index (κ2) is 7.21. The van der Waals surface area contributed by atoms with Gasteiger partial charge in [0.2, 0.25) is 0 Å². The number of pyridine rings is 1. The zero-order chi connectivity index (χ0) is 18.0. The summed E-state index contributed by atoms with van der Waals surface area (Å²) < 4.78 is 1.74. The summed E-state index contributed by atoms with van der Waals surface area (Å²) in [6.07, 6.45) is 1.51. The van der Waals surface area contributed by atoms with Crippen LogP contribution in [0, 0.1) is 6.92 Å². The third kappa shape index (κ3) is 3.50. The molecule has 0 fully saturated rings. The molecular weight excluding hydrogens is 338 g/mol. The molecule has 0 spiro atoms. The van der Waals surface area contributed by atoms with Gasteiger partial charge in [0.15, 0.2) is 5.65 Å². The van der Waals surface area contributed by atoms with E-state index >= 15 is 0 Å². The lowest BCUT2D eigenvalue weighted by Gasteiger charge is -2.11. The van der Waals surface area contributed by atoms with Gasteiger partial charge in [0.05, 0.1) is 27.4 Å². The highest BCUT2D eigenvalue weighted by Gasteiger charge is 2.19. The Morgan fingerprint density at radius 3 is 2.68 bits per heavy atom. The van der Waals surface area contributed by atoms with E-state index in [-0.39, 0.29) is 5.91 Å². The van der Waals surface area contributed by atoms with Crippen molar-refractivity contribution in [3.8, 4) is 5.69 Å². The lowest BCUT2D eigenvalue weighted by Crippen LogP contribution is -2.31. The van der Waals surface area contributed by atoms with Crippen LogP contribution in [-0.4, -0.2) is 52.8 Å². The Morgan fingerprint density at radius 2 is 2.00 bits per heavy atom. The maximum atomic E-state index is 12.4. The highest BCUT2D eigenvalue weighted by molar-refractivity contribution is 6.38. The number of benzene rings is 1. The number of carbonyl (C=O) groups is 1. The van der Waals surface area contributed by atoms with Crippen LogP contribution in [0.4, 0.5) is 0 Å². The van der Waals surface area contributed by atoms with Crippen molar-refractivity contribution >= 4 is 28.5 Å². The van der Waals surface area contributed by atoms with Gasteiger partial charge >= 0.3 is 0 Å². The fraction of sp³-hybridized carbons (Fsp3) is 0.278. The molecule has 0 aliphatic carbocycles. The Kier molecular flexibility index (Phi) is 5.01. The van der Waals surface area contributed by atoms with Gasteiger partial charge in [0.1, 0.15) is 0 Å². The molecule has 1 N–H and O–H groups in total. The van der Waals surface area contributed by atoms with Crippen molar-refractivity contribution in [1.82, 2.24) is 25.0 Å². The molecule has 130 valence electrons. The van der Waals surface area contributed by atoms with Crippen LogP contribution in [0.3, 0.4) is 0 Å². The summed E-state index contributed by atoms with van der Waals surface area (Å²) >= 11 is 6.52. The molecule has 0 saturated carbocycles. The second-order valence-electron chi connectivity index (χ2n) is 6.08. The Bertz CT molecular complexity index is 905. The van der Waals surface area contributed by atoms with Crippen molar-refractivity contribution in [3.63, 3.8) is 0 Å². The number of para-hydroxylation sites is 1. The van der Waals surface area contributed by atoms with E-state index < -0.39 is 0 Å². The van der Waals surface area contributed by atoms with Gasteiger partial charge in [-0.3, -0.25) is 4.79 Å². The minimum atomic E-state index is -0.229. The SMILES string of the molecule is Cc1nn(-c2ccccc2)c2ncc(C(=O)NCCN(C)C)c(Cl)c12. The first-order valence-corrected chi connectivity index (χ1v) is 8.39. The smallest absolute Gasteiger partial charge is 0.254 e. The summed E-state index contributed by atoms with van der Waals surface area (Å²) in [4.78, 5) is 18.8. The van der Waals surface area contributed by atoms with E-state index in [1.807, 2.05) is 56.3 Å². The van der Waals surface area contributed by atoms with Gasteiger partial charge in [-0.15, -0.1) is 0 Å². The molecule has 1 aromatic carbocycles. The molecule has 0 radical (unpaired) electrons. The predicted molar refractivity (Wildman–Crippen MR) is 99.5 cm³/mol. The number of amides is 1. The van der Waals surface area contributed by atoms with Gasteiger partial charge in [-0.25, -0.2) is 9.67 Å². The van der Waals surface area contributed by atoms with Gasteiger partial charge in [-0.05, 0) is 33.2 Å². The van der Waals surface area contributed by atoms with E-state index in [4.69, 9.17) is 11.6 Å². The molecule has 0 aliphatic heterocycles. The largest absolute Gasteiger partial charge is 0.351 e. The number of halogens is 1. The number of aryl methyl sites for hydroxylation is 1. The quantitative estimate of drug-likeness (QED) is 0.762. The molecule has 0 atom stereocenters. The van der Waals surface area contributed by atoms with E-state index in [9.17, 15) is 4.79 Å². The van der Waals surface area contributed by atoms with E-state index in [0.717, 1.165) is 17.9 Å². The molecule has 25 heavy (non-hydrogen) atoms. The van der Waals surface area contributed by atoms with Gasteiger partial charge in [0, 0.05) is 19.3 Å². The normalized spacial score (nSPS) is 11.2. The zero-order valence-electron chi connectivity index (χ0n) is 14.5.